The van der Waals surface area contributed by atoms with E-state index in [4.69, 9.17) is 5.73 Å². The highest BCUT2D eigenvalue weighted by atomic mass is 14.5. The number of unbranched alkanes of at least 4 members (excludes halogenated alkanes) is 2. The van der Waals surface area contributed by atoms with Crippen LogP contribution in [0.1, 0.15) is 24.8 Å². The molecule has 0 radical (unpaired) electrons. The van der Waals surface area contributed by atoms with Gasteiger partial charge < -0.3 is 5.73 Å². The van der Waals surface area contributed by atoms with E-state index in [1.165, 1.54) is 50.7 Å². The average Bonchev–Trinajstić information content (AvgIpc) is 2.57. The first-order valence-electron chi connectivity index (χ1n) is 8.24. The average molecular weight is 287 g/mol. The monoisotopic (exact) mass is 287 g/mol. The number of nitrogens with two attached hydrogens (primary N) is 1. The second-order valence-corrected chi connectivity index (χ2v) is 6.18. The van der Waals surface area contributed by atoms with Crippen LogP contribution in [0.3, 0.4) is 0 Å². The molecule has 4 rings (SSSR count). The summed E-state index contributed by atoms with van der Waals surface area (Å²) < 4.78 is 0. The van der Waals surface area contributed by atoms with E-state index >= 15 is 0 Å². The van der Waals surface area contributed by atoms with Crippen LogP contribution in [0.2, 0.25) is 0 Å². The molecule has 4 aromatic carbocycles. The third kappa shape index (κ3) is 2.13. The number of hydrogen-bond acceptors (Lipinski definition) is 1. The third-order valence-corrected chi connectivity index (χ3v) is 4.77. The molecule has 0 spiro atoms. The summed E-state index contributed by atoms with van der Waals surface area (Å²) in [4.78, 5) is 0. The van der Waals surface area contributed by atoms with Crippen LogP contribution >= 0.6 is 0 Å². The van der Waals surface area contributed by atoms with Gasteiger partial charge in [0, 0.05) is 0 Å². The molecule has 0 aliphatic heterocycles. The van der Waals surface area contributed by atoms with Crippen LogP contribution < -0.4 is 5.73 Å². The molecule has 0 aliphatic rings. The van der Waals surface area contributed by atoms with Gasteiger partial charge in [-0.1, -0.05) is 61.0 Å². The lowest BCUT2D eigenvalue weighted by molar-refractivity contribution is 0.688. The molecule has 0 saturated heterocycles. The Bertz CT molecular complexity index is 907. The van der Waals surface area contributed by atoms with E-state index in [-0.39, 0.29) is 0 Å². The fourth-order valence-corrected chi connectivity index (χ4v) is 3.65. The summed E-state index contributed by atoms with van der Waals surface area (Å²) in [5.41, 5.74) is 7.07. The van der Waals surface area contributed by atoms with Gasteiger partial charge in [0.2, 0.25) is 0 Å². The van der Waals surface area contributed by atoms with Crippen molar-refractivity contribution >= 4 is 32.3 Å². The summed E-state index contributed by atoms with van der Waals surface area (Å²) in [6.07, 6.45) is 4.72. The van der Waals surface area contributed by atoms with E-state index in [2.05, 4.69) is 54.6 Å². The van der Waals surface area contributed by atoms with Crippen LogP contribution in [0, 0.1) is 0 Å². The maximum atomic E-state index is 5.60. The van der Waals surface area contributed by atoms with Crippen molar-refractivity contribution in [3.63, 3.8) is 0 Å². The maximum absolute atomic E-state index is 5.60. The molecule has 0 bridgehead atoms. The van der Waals surface area contributed by atoms with Crippen LogP contribution in [0.15, 0.2) is 54.6 Å². The Morgan fingerprint density at radius 3 is 2.09 bits per heavy atom. The second-order valence-electron chi connectivity index (χ2n) is 6.18. The van der Waals surface area contributed by atoms with Crippen molar-refractivity contribution in [2.75, 3.05) is 6.54 Å². The first-order chi connectivity index (χ1) is 10.9. The van der Waals surface area contributed by atoms with Crippen molar-refractivity contribution in [3.05, 3.63) is 60.2 Å². The normalized spacial score (nSPS) is 11.9. The van der Waals surface area contributed by atoms with Crippen LogP contribution in [0.5, 0.6) is 0 Å². The van der Waals surface area contributed by atoms with Gasteiger partial charge in [-0.25, -0.2) is 0 Å². The molecule has 0 saturated carbocycles. The Kier molecular flexibility index (Phi) is 3.44. The Morgan fingerprint density at radius 2 is 1.32 bits per heavy atom. The van der Waals surface area contributed by atoms with Crippen molar-refractivity contribution in [1.82, 2.24) is 0 Å². The van der Waals surface area contributed by atoms with Crippen molar-refractivity contribution in [2.24, 2.45) is 5.73 Å². The lowest BCUT2D eigenvalue weighted by atomic mass is 9.90. The summed E-state index contributed by atoms with van der Waals surface area (Å²) in [6.45, 7) is 0.804. The Labute approximate surface area is 131 Å². The topological polar surface area (TPSA) is 26.0 Å². The summed E-state index contributed by atoms with van der Waals surface area (Å²) in [5.74, 6) is 0. The molecule has 0 fully saturated rings. The van der Waals surface area contributed by atoms with Crippen molar-refractivity contribution in [2.45, 2.75) is 25.7 Å². The molecule has 0 heterocycles. The van der Waals surface area contributed by atoms with Gasteiger partial charge in [0.15, 0.2) is 0 Å². The molecule has 22 heavy (non-hydrogen) atoms. The summed E-state index contributed by atoms with van der Waals surface area (Å²) in [5, 5.41) is 8.32. The largest absolute Gasteiger partial charge is 0.330 e. The number of hydrogen-bond donors (Lipinski definition) is 1. The highest BCUT2D eigenvalue weighted by Gasteiger charge is 2.10. The van der Waals surface area contributed by atoms with Gasteiger partial charge >= 0.3 is 0 Å². The molecule has 0 aliphatic carbocycles. The Morgan fingerprint density at radius 1 is 0.636 bits per heavy atom. The summed E-state index contributed by atoms with van der Waals surface area (Å²) >= 11 is 0. The lowest BCUT2D eigenvalue weighted by Gasteiger charge is -2.13. The van der Waals surface area contributed by atoms with Gasteiger partial charge in [0.1, 0.15) is 0 Å². The van der Waals surface area contributed by atoms with Gasteiger partial charge in [0.25, 0.3) is 0 Å². The minimum atomic E-state index is 0.804. The van der Waals surface area contributed by atoms with Crippen molar-refractivity contribution in [3.8, 4) is 0 Å². The summed E-state index contributed by atoms with van der Waals surface area (Å²) in [7, 11) is 0. The molecular formula is C21H21N. The van der Waals surface area contributed by atoms with Gasteiger partial charge in [-0.2, -0.15) is 0 Å². The molecule has 110 valence electrons. The van der Waals surface area contributed by atoms with E-state index in [1.807, 2.05) is 0 Å². The van der Waals surface area contributed by atoms with Crippen molar-refractivity contribution in [1.29, 1.82) is 0 Å². The molecule has 0 aromatic heterocycles. The SMILES string of the molecule is NCCCCCc1ccc2ccc3cccc4ccc1c2c34. The third-order valence-electron chi connectivity index (χ3n) is 4.77. The zero-order valence-corrected chi connectivity index (χ0v) is 12.8. The first kappa shape index (κ1) is 13.5. The van der Waals surface area contributed by atoms with Crippen LogP contribution in [-0.2, 0) is 6.42 Å². The number of rotatable bonds is 5. The van der Waals surface area contributed by atoms with Crippen LogP contribution in [0.25, 0.3) is 32.3 Å². The standard InChI is InChI=1S/C21H21N/c22-14-3-1-2-5-15-8-9-18-11-10-16-6-4-7-17-12-13-19(15)21(18)20(16)17/h4,6-13H,1-3,5,14,22H2. The predicted octanol–water partition coefficient (Wildman–Crippen LogP) is 5.26. The number of aryl methyl sites for hydroxylation is 1. The highest BCUT2D eigenvalue weighted by molar-refractivity contribution is 6.23. The molecular weight excluding hydrogens is 266 g/mol. The Hall–Kier alpha value is -2.12. The first-order valence-corrected chi connectivity index (χ1v) is 8.24. The molecule has 4 aromatic rings. The fourth-order valence-electron chi connectivity index (χ4n) is 3.65. The summed E-state index contributed by atoms with van der Waals surface area (Å²) in [6, 6.07) is 20.2. The highest BCUT2D eigenvalue weighted by Crippen LogP contribution is 2.36. The van der Waals surface area contributed by atoms with E-state index in [1.54, 1.807) is 0 Å². The molecule has 1 nitrogen and oxygen atoms in total. The quantitative estimate of drug-likeness (QED) is 0.393. The number of benzene rings is 4. The van der Waals surface area contributed by atoms with Crippen LogP contribution in [0.4, 0.5) is 0 Å². The zero-order valence-electron chi connectivity index (χ0n) is 12.8. The van der Waals surface area contributed by atoms with Gasteiger partial charge in [-0.15, -0.1) is 0 Å². The second kappa shape index (κ2) is 5.58. The molecule has 0 unspecified atom stereocenters. The predicted molar refractivity (Wildman–Crippen MR) is 96.8 cm³/mol. The lowest BCUT2D eigenvalue weighted by Crippen LogP contribution is -1.98. The minimum absolute atomic E-state index is 0.804. The molecule has 0 amide bonds. The fraction of sp³-hybridized carbons (Fsp3) is 0.238. The smallest absolute Gasteiger partial charge is 0.00240 e. The molecule has 0 atom stereocenters. The molecule has 2 N–H and O–H groups in total. The van der Waals surface area contributed by atoms with E-state index in [9.17, 15) is 0 Å². The molecule has 1 heteroatoms. The maximum Gasteiger partial charge on any atom is -0.00240 e. The van der Waals surface area contributed by atoms with Gasteiger partial charge in [-0.05, 0) is 63.7 Å². The van der Waals surface area contributed by atoms with E-state index in [0.29, 0.717) is 0 Å². The van der Waals surface area contributed by atoms with Crippen LogP contribution in [-0.4, -0.2) is 6.54 Å². The van der Waals surface area contributed by atoms with Crippen molar-refractivity contribution < 1.29 is 0 Å². The Balaban J connectivity index is 1.89. The van der Waals surface area contributed by atoms with E-state index < -0.39 is 0 Å². The van der Waals surface area contributed by atoms with Gasteiger partial charge in [0.05, 0.1) is 0 Å². The van der Waals surface area contributed by atoms with E-state index in [0.717, 1.165) is 19.4 Å². The zero-order chi connectivity index (χ0) is 14.9. The minimum Gasteiger partial charge on any atom is -0.330 e. The van der Waals surface area contributed by atoms with Gasteiger partial charge in [-0.3, -0.25) is 0 Å².